The molecule has 0 aromatic carbocycles. The number of nitrogens with one attached hydrogen (secondary N) is 1. The Morgan fingerprint density at radius 2 is 2.29 bits per heavy atom. The summed E-state index contributed by atoms with van der Waals surface area (Å²) in [5.74, 6) is -0.370. The molecule has 4 nitrogen and oxygen atoms in total. The lowest BCUT2D eigenvalue weighted by atomic mass is 10.4. The first kappa shape index (κ1) is 12.7. The summed E-state index contributed by atoms with van der Waals surface area (Å²) in [5.41, 5.74) is 0. The summed E-state index contributed by atoms with van der Waals surface area (Å²) >= 11 is 0. The molecule has 0 saturated heterocycles. The van der Waals surface area contributed by atoms with E-state index in [-0.39, 0.29) is 5.97 Å². The summed E-state index contributed by atoms with van der Waals surface area (Å²) < 4.78 is 9.63. The van der Waals surface area contributed by atoms with E-state index in [2.05, 4.69) is 16.6 Å². The summed E-state index contributed by atoms with van der Waals surface area (Å²) in [6.07, 6.45) is 5.54. The van der Waals surface area contributed by atoms with Crippen LogP contribution in [0.2, 0.25) is 0 Å². The predicted octanol–water partition coefficient (Wildman–Crippen LogP) is 0.855. The quantitative estimate of drug-likeness (QED) is 0.272. The minimum absolute atomic E-state index is 0.370. The van der Waals surface area contributed by atoms with Crippen LogP contribution in [-0.2, 0) is 14.3 Å². The van der Waals surface area contributed by atoms with Crippen LogP contribution in [0.15, 0.2) is 24.9 Å². The van der Waals surface area contributed by atoms with E-state index < -0.39 is 0 Å². The standard InChI is InChI=1S/C10H17NO3/c1-3-4-8-14-9-7-11-6-5-10(12)13-2/h3,5-6,11H,1,4,7-9H2,2H3/b6-5+. The minimum atomic E-state index is -0.370. The highest BCUT2D eigenvalue weighted by atomic mass is 16.5. The van der Waals surface area contributed by atoms with Gasteiger partial charge in [0.25, 0.3) is 0 Å². The molecule has 0 fully saturated rings. The van der Waals surface area contributed by atoms with Crippen LogP contribution >= 0.6 is 0 Å². The van der Waals surface area contributed by atoms with Crippen molar-refractivity contribution < 1.29 is 14.3 Å². The first-order valence-electron chi connectivity index (χ1n) is 4.47. The van der Waals surface area contributed by atoms with Gasteiger partial charge in [-0.2, -0.15) is 0 Å². The molecule has 0 aliphatic heterocycles. The molecule has 0 radical (unpaired) electrons. The van der Waals surface area contributed by atoms with E-state index in [1.807, 2.05) is 6.08 Å². The van der Waals surface area contributed by atoms with Gasteiger partial charge in [0.05, 0.1) is 20.3 Å². The van der Waals surface area contributed by atoms with Crippen molar-refractivity contribution in [2.24, 2.45) is 0 Å². The summed E-state index contributed by atoms with van der Waals surface area (Å²) in [6.45, 7) is 5.55. The van der Waals surface area contributed by atoms with Crippen LogP contribution in [0.5, 0.6) is 0 Å². The number of rotatable bonds is 8. The molecule has 0 spiro atoms. The Morgan fingerprint density at radius 3 is 2.93 bits per heavy atom. The smallest absolute Gasteiger partial charge is 0.331 e. The van der Waals surface area contributed by atoms with Crippen molar-refractivity contribution in [2.45, 2.75) is 6.42 Å². The molecular formula is C10H17NO3. The Labute approximate surface area is 84.6 Å². The Kier molecular flexibility index (Phi) is 8.89. The minimum Gasteiger partial charge on any atom is -0.466 e. The van der Waals surface area contributed by atoms with E-state index >= 15 is 0 Å². The molecule has 0 unspecified atom stereocenters. The van der Waals surface area contributed by atoms with Gasteiger partial charge >= 0.3 is 5.97 Å². The Balaban J connectivity index is 3.16. The number of esters is 1. The molecule has 80 valence electrons. The molecule has 0 atom stereocenters. The van der Waals surface area contributed by atoms with Crippen molar-refractivity contribution in [3.05, 3.63) is 24.9 Å². The number of hydrogen-bond donors (Lipinski definition) is 1. The molecule has 0 rings (SSSR count). The fourth-order valence-electron chi connectivity index (χ4n) is 0.678. The molecule has 0 heterocycles. The van der Waals surface area contributed by atoms with Crippen molar-refractivity contribution in [1.82, 2.24) is 5.32 Å². The number of carbonyl (C=O) groups is 1. The largest absolute Gasteiger partial charge is 0.466 e. The molecule has 0 aliphatic carbocycles. The summed E-state index contributed by atoms with van der Waals surface area (Å²) in [6, 6.07) is 0. The summed E-state index contributed by atoms with van der Waals surface area (Å²) in [4.78, 5) is 10.6. The maximum absolute atomic E-state index is 10.6. The van der Waals surface area contributed by atoms with Crippen LogP contribution in [0.25, 0.3) is 0 Å². The highest BCUT2D eigenvalue weighted by Crippen LogP contribution is 1.81. The lowest BCUT2D eigenvalue weighted by molar-refractivity contribution is -0.134. The van der Waals surface area contributed by atoms with Gasteiger partial charge in [0.1, 0.15) is 0 Å². The second-order valence-electron chi connectivity index (χ2n) is 2.50. The van der Waals surface area contributed by atoms with E-state index in [0.29, 0.717) is 19.8 Å². The third-order valence-corrected chi connectivity index (χ3v) is 1.40. The number of carbonyl (C=O) groups excluding carboxylic acids is 1. The fraction of sp³-hybridized carbons (Fsp3) is 0.500. The zero-order valence-electron chi connectivity index (χ0n) is 8.49. The van der Waals surface area contributed by atoms with Gasteiger partial charge in [0.2, 0.25) is 0 Å². The van der Waals surface area contributed by atoms with Crippen molar-refractivity contribution in [2.75, 3.05) is 26.9 Å². The van der Waals surface area contributed by atoms with E-state index in [9.17, 15) is 4.79 Å². The fourth-order valence-corrected chi connectivity index (χ4v) is 0.678. The van der Waals surface area contributed by atoms with Crippen LogP contribution in [-0.4, -0.2) is 32.8 Å². The van der Waals surface area contributed by atoms with Crippen molar-refractivity contribution >= 4 is 5.97 Å². The molecule has 0 aliphatic rings. The predicted molar refractivity (Wildman–Crippen MR) is 54.8 cm³/mol. The van der Waals surface area contributed by atoms with Crippen molar-refractivity contribution in [3.63, 3.8) is 0 Å². The average molecular weight is 199 g/mol. The third kappa shape index (κ3) is 8.80. The molecule has 0 amide bonds. The van der Waals surface area contributed by atoms with E-state index in [1.165, 1.54) is 13.2 Å². The topological polar surface area (TPSA) is 47.6 Å². The van der Waals surface area contributed by atoms with Gasteiger partial charge in [-0.25, -0.2) is 4.79 Å². The Hall–Kier alpha value is -1.29. The molecule has 1 N–H and O–H groups in total. The molecular weight excluding hydrogens is 182 g/mol. The van der Waals surface area contributed by atoms with Gasteiger partial charge in [-0.05, 0) is 6.42 Å². The van der Waals surface area contributed by atoms with Gasteiger partial charge in [0, 0.05) is 18.8 Å². The van der Waals surface area contributed by atoms with E-state index in [4.69, 9.17) is 4.74 Å². The maximum atomic E-state index is 10.6. The summed E-state index contributed by atoms with van der Waals surface area (Å²) in [7, 11) is 1.34. The van der Waals surface area contributed by atoms with E-state index in [0.717, 1.165) is 6.42 Å². The third-order valence-electron chi connectivity index (χ3n) is 1.40. The van der Waals surface area contributed by atoms with Gasteiger partial charge in [-0.3, -0.25) is 0 Å². The first-order valence-corrected chi connectivity index (χ1v) is 4.47. The molecule has 0 bridgehead atoms. The van der Waals surface area contributed by atoms with Gasteiger partial charge in [-0.15, -0.1) is 6.58 Å². The number of ether oxygens (including phenoxy) is 2. The summed E-state index contributed by atoms with van der Waals surface area (Å²) in [5, 5.41) is 2.90. The first-order chi connectivity index (χ1) is 6.81. The molecule has 0 aromatic rings. The van der Waals surface area contributed by atoms with Crippen molar-refractivity contribution in [1.29, 1.82) is 0 Å². The lowest BCUT2D eigenvalue weighted by Crippen LogP contribution is -2.14. The van der Waals surface area contributed by atoms with Crippen LogP contribution in [0.3, 0.4) is 0 Å². The second kappa shape index (κ2) is 9.80. The van der Waals surface area contributed by atoms with Gasteiger partial charge < -0.3 is 14.8 Å². The van der Waals surface area contributed by atoms with Crippen LogP contribution in [0.4, 0.5) is 0 Å². The molecule has 0 aromatic heterocycles. The van der Waals surface area contributed by atoms with Gasteiger partial charge in [-0.1, -0.05) is 6.08 Å². The highest BCUT2D eigenvalue weighted by Gasteiger charge is 1.88. The Morgan fingerprint density at radius 1 is 1.50 bits per heavy atom. The van der Waals surface area contributed by atoms with Crippen LogP contribution in [0.1, 0.15) is 6.42 Å². The molecule has 4 heteroatoms. The van der Waals surface area contributed by atoms with Crippen LogP contribution < -0.4 is 5.32 Å². The maximum Gasteiger partial charge on any atom is 0.331 e. The normalized spacial score (nSPS) is 10.1. The Bertz CT molecular complexity index is 190. The zero-order valence-corrected chi connectivity index (χ0v) is 8.49. The van der Waals surface area contributed by atoms with Gasteiger partial charge in [0.15, 0.2) is 0 Å². The van der Waals surface area contributed by atoms with E-state index in [1.54, 1.807) is 6.20 Å². The SMILES string of the molecule is C=CCCOCCN/C=C/C(=O)OC. The number of hydrogen-bond acceptors (Lipinski definition) is 4. The molecule has 0 saturated carbocycles. The molecule has 14 heavy (non-hydrogen) atoms. The average Bonchev–Trinajstić information content (AvgIpc) is 2.21. The highest BCUT2D eigenvalue weighted by molar-refractivity contribution is 5.81. The van der Waals surface area contributed by atoms with Crippen molar-refractivity contribution in [3.8, 4) is 0 Å². The van der Waals surface area contributed by atoms with Crippen LogP contribution in [0, 0.1) is 0 Å². The second-order valence-corrected chi connectivity index (χ2v) is 2.50. The monoisotopic (exact) mass is 199 g/mol. The number of methoxy groups -OCH3 is 1. The lowest BCUT2D eigenvalue weighted by Gasteiger charge is -2.01. The zero-order chi connectivity index (χ0) is 10.6.